The molecule has 2 N–H and O–H groups in total. The van der Waals surface area contributed by atoms with E-state index in [2.05, 4.69) is 20.4 Å². The minimum absolute atomic E-state index is 0. The molecule has 2 saturated heterocycles. The minimum Gasteiger partial charge on any atom is -0.392 e. The highest BCUT2D eigenvalue weighted by Crippen LogP contribution is 2.19. The van der Waals surface area contributed by atoms with Crippen LogP contribution in [-0.2, 0) is 11.3 Å². The predicted octanol–water partition coefficient (Wildman–Crippen LogP) is 1.60. The highest BCUT2D eigenvalue weighted by Gasteiger charge is 2.32. The summed E-state index contributed by atoms with van der Waals surface area (Å²) in [6.07, 6.45) is 0.0710. The zero-order valence-corrected chi connectivity index (χ0v) is 18.0. The fourth-order valence-electron chi connectivity index (χ4n) is 3.48. The molecule has 0 aliphatic carbocycles. The van der Waals surface area contributed by atoms with E-state index >= 15 is 0 Å². The molecule has 2 atom stereocenters. The third-order valence-corrected chi connectivity index (χ3v) is 5.27. The first kappa shape index (κ1) is 23.9. The number of aliphatic hydroxyl groups is 1. The van der Waals surface area contributed by atoms with Gasteiger partial charge in [-0.25, -0.2) is 0 Å². The Balaban J connectivity index is 0.00000150. The van der Waals surface area contributed by atoms with E-state index in [0.29, 0.717) is 49.3 Å². The summed E-state index contributed by atoms with van der Waals surface area (Å²) >= 11 is 5.90. The molecular weight excluding hydrogens is 441 g/mol. The van der Waals surface area contributed by atoms with E-state index in [-0.39, 0.29) is 36.8 Å². The Morgan fingerprint density at radius 1 is 1.21 bits per heavy atom. The third kappa shape index (κ3) is 5.81. The van der Waals surface area contributed by atoms with Crippen LogP contribution in [0.5, 0.6) is 0 Å². The molecule has 11 heteroatoms. The van der Waals surface area contributed by atoms with Crippen LogP contribution < -0.4 is 5.32 Å². The SMILES string of the molecule is Cl.Cl.O=C(C1CC(O)CN1)N1CCN(Cc2nc(-c3ccc(Cl)cc3)no2)CC1. The summed E-state index contributed by atoms with van der Waals surface area (Å²) in [5.41, 5.74) is 0.857. The maximum atomic E-state index is 12.5. The quantitative estimate of drug-likeness (QED) is 0.710. The van der Waals surface area contributed by atoms with Gasteiger partial charge in [-0.1, -0.05) is 16.8 Å². The van der Waals surface area contributed by atoms with Crippen molar-refractivity contribution in [3.05, 3.63) is 35.2 Å². The molecule has 0 saturated carbocycles. The topological polar surface area (TPSA) is 94.7 Å². The zero-order chi connectivity index (χ0) is 18.8. The Morgan fingerprint density at radius 3 is 2.52 bits per heavy atom. The summed E-state index contributed by atoms with van der Waals surface area (Å²) in [5.74, 6) is 1.18. The number of amides is 1. The maximum absolute atomic E-state index is 12.5. The van der Waals surface area contributed by atoms with Gasteiger partial charge in [-0.3, -0.25) is 9.69 Å². The molecule has 8 nitrogen and oxygen atoms in total. The van der Waals surface area contributed by atoms with Crippen molar-refractivity contribution < 1.29 is 14.4 Å². The van der Waals surface area contributed by atoms with Crippen molar-refractivity contribution in [2.75, 3.05) is 32.7 Å². The summed E-state index contributed by atoms with van der Waals surface area (Å²) in [5, 5.41) is 17.4. The minimum atomic E-state index is -0.424. The van der Waals surface area contributed by atoms with Crippen molar-refractivity contribution >= 4 is 42.3 Å². The molecule has 1 aromatic heterocycles. The van der Waals surface area contributed by atoms with Crippen LogP contribution in [0.4, 0.5) is 0 Å². The first-order valence-electron chi connectivity index (χ1n) is 9.09. The molecule has 29 heavy (non-hydrogen) atoms. The predicted molar refractivity (Wildman–Crippen MR) is 114 cm³/mol. The van der Waals surface area contributed by atoms with Crippen LogP contribution in [-0.4, -0.2) is 75.8 Å². The number of aliphatic hydroxyl groups excluding tert-OH is 1. The highest BCUT2D eigenvalue weighted by molar-refractivity contribution is 6.30. The van der Waals surface area contributed by atoms with Crippen molar-refractivity contribution in [2.45, 2.75) is 25.1 Å². The third-order valence-electron chi connectivity index (χ3n) is 5.02. The van der Waals surface area contributed by atoms with E-state index in [9.17, 15) is 9.90 Å². The molecule has 2 fully saturated rings. The number of rotatable bonds is 4. The Morgan fingerprint density at radius 2 is 1.90 bits per heavy atom. The number of hydrogen-bond acceptors (Lipinski definition) is 7. The molecule has 2 aliphatic rings. The number of hydrogen-bond donors (Lipinski definition) is 2. The van der Waals surface area contributed by atoms with Crippen molar-refractivity contribution in [3.63, 3.8) is 0 Å². The largest absolute Gasteiger partial charge is 0.392 e. The number of piperazine rings is 1. The highest BCUT2D eigenvalue weighted by atomic mass is 35.5. The fourth-order valence-corrected chi connectivity index (χ4v) is 3.60. The van der Waals surface area contributed by atoms with E-state index in [1.54, 1.807) is 12.1 Å². The van der Waals surface area contributed by atoms with Gasteiger partial charge in [0.1, 0.15) is 0 Å². The monoisotopic (exact) mass is 463 g/mol. The number of nitrogens with one attached hydrogen (secondary N) is 1. The van der Waals surface area contributed by atoms with Gasteiger partial charge >= 0.3 is 0 Å². The van der Waals surface area contributed by atoms with Gasteiger partial charge in [-0.2, -0.15) is 4.98 Å². The number of β-amino-alcohol motifs (C(OH)–C–C–N with tert-alkyl or cyclic N) is 1. The summed E-state index contributed by atoms with van der Waals surface area (Å²) in [6.45, 7) is 3.86. The molecule has 0 radical (unpaired) electrons. The summed E-state index contributed by atoms with van der Waals surface area (Å²) < 4.78 is 5.37. The second kappa shape index (κ2) is 10.6. The number of aromatic nitrogens is 2. The lowest BCUT2D eigenvalue weighted by atomic mass is 10.1. The lowest BCUT2D eigenvalue weighted by Crippen LogP contribution is -2.52. The second-order valence-electron chi connectivity index (χ2n) is 6.97. The van der Waals surface area contributed by atoms with Crippen molar-refractivity contribution in [3.8, 4) is 11.4 Å². The first-order chi connectivity index (χ1) is 13.1. The van der Waals surface area contributed by atoms with Crippen LogP contribution in [0.15, 0.2) is 28.8 Å². The van der Waals surface area contributed by atoms with E-state index in [0.717, 1.165) is 18.7 Å². The van der Waals surface area contributed by atoms with Crippen LogP contribution in [0, 0.1) is 0 Å². The summed E-state index contributed by atoms with van der Waals surface area (Å²) in [7, 11) is 0. The van der Waals surface area contributed by atoms with Gasteiger partial charge in [0.05, 0.1) is 18.7 Å². The molecule has 2 unspecified atom stereocenters. The number of carbonyl (C=O) groups excluding carboxylic acids is 1. The first-order valence-corrected chi connectivity index (χ1v) is 9.47. The molecule has 4 rings (SSSR count). The lowest BCUT2D eigenvalue weighted by Gasteiger charge is -2.35. The van der Waals surface area contributed by atoms with Gasteiger partial charge in [0, 0.05) is 43.3 Å². The number of carbonyl (C=O) groups is 1. The van der Waals surface area contributed by atoms with Gasteiger partial charge in [0.15, 0.2) is 0 Å². The van der Waals surface area contributed by atoms with Crippen LogP contribution in [0.3, 0.4) is 0 Å². The van der Waals surface area contributed by atoms with Gasteiger partial charge < -0.3 is 19.8 Å². The van der Waals surface area contributed by atoms with Crippen LogP contribution in [0.25, 0.3) is 11.4 Å². The number of nitrogens with zero attached hydrogens (tertiary/aromatic N) is 4. The fraction of sp³-hybridized carbons (Fsp3) is 0.500. The van der Waals surface area contributed by atoms with Crippen molar-refractivity contribution in [2.24, 2.45) is 0 Å². The average molecular weight is 465 g/mol. The van der Waals surface area contributed by atoms with Gasteiger partial charge in [-0.15, -0.1) is 24.8 Å². The smallest absolute Gasteiger partial charge is 0.241 e. The molecule has 160 valence electrons. The standard InChI is InChI=1S/C18H22ClN5O3.2ClH/c19-13-3-1-12(2-4-13)17-21-16(27-22-17)11-23-5-7-24(8-6-23)18(26)15-9-14(25)10-20-15;;/h1-4,14-15,20,25H,5-11H2;2*1H. The summed E-state index contributed by atoms with van der Waals surface area (Å²) in [4.78, 5) is 21.0. The van der Waals surface area contributed by atoms with Crippen LogP contribution in [0.1, 0.15) is 12.3 Å². The van der Waals surface area contributed by atoms with Gasteiger partial charge in [0.25, 0.3) is 0 Å². The summed E-state index contributed by atoms with van der Waals surface area (Å²) in [6, 6.07) is 7.04. The van der Waals surface area contributed by atoms with E-state index in [1.807, 2.05) is 17.0 Å². The molecule has 0 bridgehead atoms. The Labute approximate surface area is 186 Å². The van der Waals surface area contributed by atoms with Crippen molar-refractivity contribution in [1.29, 1.82) is 0 Å². The van der Waals surface area contributed by atoms with Crippen LogP contribution in [0.2, 0.25) is 5.02 Å². The molecular formula is C18H24Cl3N5O3. The zero-order valence-electron chi connectivity index (χ0n) is 15.7. The van der Waals surface area contributed by atoms with Gasteiger partial charge in [0.2, 0.25) is 17.6 Å². The molecule has 2 aliphatic heterocycles. The normalized spacial score (nSPS) is 22.1. The molecule has 1 aromatic carbocycles. The Bertz CT molecular complexity index is 796. The maximum Gasteiger partial charge on any atom is 0.241 e. The average Bonchev–Trinajstić information content (AvgIpc) is 3.32. The Kier molecular flexibility index (Phi) is 8.69. The second-order valence-corrected chi connectivity index (χ2v) is 7.41. The molecule has 2 aromatic rings. The van der Waals surface area contributed by atoms with E-state index < -0.39 is 6.10 Å². The van der Waals surface area contributed by atoms with Gasteiger partial charge in [-0.05, 0) is 30.7 Å². The number of halogens is 3. The van der Waals surface area contributed by atoms with Crippen LogP contribution >= 0.6 is 36.4 Å². The molecule has 0 spiro atoms. The van der Waals surface area contributed by atoms with E-state index in [4.69, 9.17) is 16.1 Å². The molecule has 3 heterocycles. The van der Waals surface area contributed by atoms with Crippen molar-refractivity contribution in [1.82, 2.24) is 25.3 Å². The molecule has 1 amide bonds. The number of benzene rings is 1. The lowest BCUT2D eigenvalue weighted by molar-refractivity contribution is -0.135. The Hall–Kier alpha value is -1.42. The van der Waals surface area contributed by atoms with E-state index in [1.165, 1.54) is 0 Å².